The molecule has 0 unspecified atom stereocenters. The minimum Gasteiger partial charge on any atom is -0.369 e. The highest BCUT2D eigenvalue weighted by Crippen LogP contribution is 2.21. The van der Waals surface area contributed by atoms with Crippen molar-refractivity contribution >= 4 is 5.69 Å². The topological polar surface area (TPSA) is 54.1 Å². The average molecular weight is 316 g/mol. The third-order valence-corrected chi connectivity index (χ3v) is 4.44. The third-order valence-electron chi connectivity index (χ3n) is 4.44. The van der Waals surface area contributed by atoms with E-state index < -0.39 is 0 Å². The van der Waals surface area contributed by atoms with E-state index in [1.807, 2.05) is 48.5 Å². The van der Waals surface area contributed by atoms with Gasteiger partial charge in [-0.1, -0.05) is 24.3 Å². The minimum atomic E-state index is 0.703. The maximum Gasteiger partial charge on any atom is 0.101 e. The Morgan fingerprint density at radius 2 is 1.62 bits per heavy atom. The van der Waals surface area contributed by atoms with Crippen LogP contribution in [0.25, 0.3) is 0 Å². The quantitative estimate of drug-likeness (QED) is 0.873. The molecule has 1 aliphatic rings. The molecule has 24 heavy (non-hydrogen) atoms. The van der Waals surface area contributed by atoms with Crippen LogP contribution in [0.3, 0.4) is 0 Å². The molecule has 0 spiro atoms. The second-order valence-electron chi connectivity index (χ2n) is 6.05. The number of hydrogen-bond acceptors (Lipinski definition) is 4. The van der Waals surface area contributed by atoms with Crippen LogP contribution >= 0.6 is 0 Å². The lowest BCUT2D eigenvalue weighted by Crippen LogP contribution is -2.30. The molecule has 1 aliphatic heterocycles. The van der Waals surface area contributed by atoms with Crippen LogP contribution in [0.2, 0.25) is 0 Å². The number of nitrogens with zero attached hydrogens (tertiary/aromatic N) is 4. The van der Waals surface area contributed by atoms with E-state index in [1.54, 1.807) is 0 Å². The van der Waals surface area contributed by atoms with E-state index in [4.69, 9.17) is 5.26 Å². The molecule has 4 nitrogen and oxygen atoms in total. The molecule has 0 atom stereocenters. The lowest BCUT2D eigenvalue weighted by Gasteiger charge is -2.24. The van der Waals surface area contributed by atoms with Crippen LogP contribution in [0.15, 0.2) is 48.5 Å². The summed E-state index contributed by atoms with van der Waals surface area (Å²) in [4.78, 5) is 4.76. The summed E-state index contributed by atoms with van der Waals surface area (Å²) in [5, 5.41) is 18.2. The van der Waals surface area contributed by atoms with Crippen LogP contribution in [0.5, 0.6) is 0 Å². The van der Waals surface area contributed by atoms with E-state index in [-0.39, 0.29) is 0 Å². The second-order valence-corrected chi connectivity index (χ2v) is 6.05. The van der Waals surface area contributed by atoms with Gasteiger partial charge in [0.15, 0.2) is 0 Å². The fourth-order valence-corrected chi connectivity index (χ4v) is 3.16. The molecule has 4 heteroatoms. The van der Waals surface area contributed by atoms with E-state index in [2.05, 4.69) is 21.9 Å². The molecule has 1 fully saturated rings. The van der Waals surface area contributed by atoms with Crippen LogP contribution in [-0.2, 0) is 6.54 Å². The molecular formula is C20H20N4. The van der Waals surface area contributed by atoms with Crippen molar-refractivity contribution in [1.82, 2.24) is 4.90 Å². The molecular weight excluding hydrogens is 296 g/mol. The Morgan fingerprint density at radius 1 is 0.833 bits per heavy atom. The van der Waals surface area contributed by atoms with Crippen molar-refractivity contribution in [3.8, 4) is 12.1 Å². The molecule has 1 saturated heterocycles. The van der Waals surface area contributed by atoms with E-state index in [0.717, 1.165) is 50.4 Å². The van der Waals surface area contributed by atoms with Gasteiger partial charge in [0.2, 0.25) is 0 Å². The van der Waals surface area contributed by atoms with Gasteiger partial charge in [0.1, 0.15) is 6.07 Å². The Morgan fingerprint density at radius 3 is 2.38 bits per heavy atom. The number of benzene rings is 2. The van der Waals surface area contributed by atoms with Gasteiger partial charge in [-0.2, -0.15) is 10.5 Å². The van der Waals surface area contributed by atoms with Crippen LogP contribution in [0.4, 0.5) is 5.69 Å². The van der Waals surface area contributed by atoms with E-state index >= 15 is 0 Å². The summed E-state index contributed by atoms with van der Waals surface area (Å²) in [6.07, 6.45) is 1.08. The van der Waals surface area contributed by atoms with Gasteiger partial charge in [0, 0.05) is 32.7 Å². The molecule has 2 aromatic rings. The first-order chi connectivity index (χ1) is 11.8. The normalized spacial score (nSPS) is 15.3. The predicted octanol–water partition coefficient (Wildman–Crippen LogP) is 3.14. The molecule has 0 saturated carbocycles. The van der Waals surface area contributed by atoms with Gasteiger partial charge in [0.05, 0.1) is 22.9 Å². The van der Waals surface area contributed by atoms with Gasteiger partial charge >= 0.3 is 0 Å². The Labute approximate surface area is 143 Å². The Bertz CT molecular complexity index is 767. The molecule has 0 aliphatic carbocycles. The minimum absolute atomic E-state index is 0.703. The third kappa shape index (κ3) is 3.74. The van der Waals surface area contributed by atoms with Crippen LogP contribution in [0.1, 0.15) is 23.1 Å². The SMILES string of the molecule is N#Cc1ccc(CN2CCCN(c3ccccc3C#N)CC2)cc1. The smallest absolute Gasteiger partial charge is 0.101 e. The van der Waals surface area contributed by atoms with Gasteiger partial charge in [-0.05, 0) is 36.2 Å². The van der Waals surface area contributed by atoms with Crippen LogP contribution in [-0.4, -0.2) is 31.1 Å². The number of rotatable bonds is 3. The van der Waals surface area contributed by atoms with Gasteiger partial charge in [0.25, 0.3) is 0 Å². The number of anilines is 1. The maximum absolute atomic E-state index is 9.30. The summed E-state index contributed by atoms with van der Waals surface area (Å²) in [5.74, 6) is 0. The molecule has 0 bridgehead atoms. The fraction of sp³-hybridized carbons (Fsp3) is 0.300. The predicted molar refractivity (Wildman–Crippen MR) is 94.4 cm³/mol. The standard InChI is InChI=1S/C20H20N4/c21-14-17-6-8-18(9-7-17)16-23-10-3-11-24(13-12-23)20-5-2-1-4-19(20)15-22/h1-2,4-9H,3,10-13,16H2. The monoisotopic (exact) mass is 316 g/mol. The highest BCUT2D eigenvalue weighted by atomic mass is 15.2. The maximum atomic E-state index is 9.30. The molecule has 3 rings (SSSR count). The summed E-state index contributed by atoms with van der Waals surface area (Å²) in [6.45, 7) is 4.82. The van der Waals surface area contributed by atoms with Crippen LogP contribution in [0, 0.1) is 22.7 Å². The lowest BCUT2D eigenvalue weighted by molar-refractivity contribution is 0.285. The van der Waals surface area contributed by atoms with E-state index in [9.17, 15) is 5.26 Å². The largest absolute Gasteiger partial charge is 0.369 e. The molecule has 0 N–H and O–H groups in total. The van der Waals surface area contributed by atoms with E-state index in [1.165, 1.54) is 5.56 Å². The first kappa shape index (κ1) is 16.1. The van der Waals surface area contributed by atoms with Crippen molar-refractivity contribution < 1.29 is 0 Å². The molecule has 1 heterocycles. The summed E-state index contributed by atoms with van der Waals surface area (Å²) in [6, 6.07) is 20.1. The zero-order chi connectivity index (χ0) is 16.8. The van der Waals surface area contributed by atoms with Crippen molar-refractivity contribution in [1.29, 1.82) is 10.5 Å². The van der Waals surface area contributed by atoms with Gasteiger partial charge < -0.3 is 4.90 Å². The summed E-state index contributed by atoms with van der Waals surface area (Å²) >= 11 is 0. The van der Waals surface area contributed by atoms with Crippen molar-refractivity contribution in [3.05, 3.63) is 65.2 Å². The van der Waals surface area contributed by atoms with E-state index in [0.29, 0.717) is 5.56 Å². The number of hydrogen-bond donors (Lipinski definition) is 0. The molecule has 120 valence electrons. The summed E-state index contributed by atoms with van der Waals surface area (Å²) < 4.78 is 0. The molecule has 0 radical (unpaired) electrons. The molecule has 2 aromatic carbocycles. The van der Waals surface area contributed by atoms with Gasteiger partial charge in [-0.3, -0.25) is 4.90 Å². The number of nitriles is 2. The van der Waals surface area contributed by atoms with Gasteiger partial charge in [-0.15, -0.1) is 0 Å². The number of para-hydroxylation sites is 1. The second kappa shape index (κ2) is 7.64. The van der Waals surface area contributed by atoms with Crippen LogP contribution < -0.4 is 4.90 Å². The fourth-order valence-electron chi connectivity index (χ4n) is 3.16. The van der Waals surface area contributed by atoms with Crippen molar-refractivity contribution in [2.45, 2.75) is 13.0 Å². The highest BCUT2D eigenvalue weighted by molar-refractivity contribution is 5.59. The Hall–Kier alpha value is -2.82. The molecule has 0 amide bonds. The van der Waals surface area contributed by atoms with Crippen molar-refractivity contribution in [2.75, 3.05) is 31.1 Å². The Balaban J connectivity index is 1.64. The first-order valence-corrected chi connectivity index (χ1v) is 8.25. The van der Waals surface area contributed by atoms with Gasteiger partial charge in [-0.25, -0.2) is 0 Å². The molecule has 0 aromatic heterocycles. The lowest BCUT2D eigenvalue weighted by atomic mass is 10.1. The highest BCUT2D eigenvalue weighted by Gasteiger charge is 2.17. The summed E-state index contributed by atoms with van der Waals surface area (Å²) in [7, 11) is 0. The average Bonchev–Trinajstić information content (AvgIpc) is 2.88. The zero-order valence-electron chi connectivity index (χ0n) is 13.7. The first-order valence-electron chi connectivity index (χ1n) is 8.25. The van der Waals surface area contributed by atoms with Crippen molar-refractivity contribution in [3.63, 3.8) is 0 Å². The zero-order valence-corrected chi connectivity index (χ0v) is 13.7. The van der Waals surface area contributed by atoms with Crippen molar-refractivity contribution in [2.24, 2.45) is 0 Å². The Kier molecular flexibility index (Phi) is 5.11. The summed E-state index contributed by atoms with van der Waals surface area (Å²) in [5.41, 5.74) is 3.73.